The number of hydrogen-bond acceptors (Lipinski definition) is 5. The lowest BCUT2D eigenvalue weighted by atomic mass is 10.1. The minimum atomic E-state index is -4.88. The molecule has 152 valence electrons. The third kappa shape index (κ3) is 3.90. The molecule has 0 unspecified atom stereocenters. The Hall–Kier alpha value is -4.02. The number of alkyl halides is 3. The molecule has 1 aromatic carbocycles. The zero-order valence-electron chi connectivity index (χ0n) is 14.9. The van der Waals surface area contributed by atoms with Gasteiger partial charge in [-0.05, 0) is 30.3 Å². The molecule has 0 bridgehead atoms. The number of halogens is 4. The van der Waals surface area contributed by atoms with Crippen LogP contribution in [0.4, 0.5) is 23.2 Å². The molecule has 0 spiro atoms. The predicted octanol–water partition coefficient (Wildman–Crippen LogP) is 4.08. The van der Waals surface area contributed by atoms with E-state index in [9.17, 15) is 22.4 Å². The van der Waals surface area contributed by atoms with Crippen molar-refractivity contribution in [2.75, 3.05) is 5.32 Å². The Labute approximate surface area is 166 Å². The number of amides is 1. The lowest BCUT2D eigenvalue weighted by Crippen LogP contribution is -2.18. The number of ether oxygens (including phenoxy) is 1. The van der Waals surface area contributed by atoms with Crippen LogP contribution in [0.5, 0.6) is 5.75 Å². The zero-order valence-corrected chi connectivity index (χ0v) is 14.9. The molecule has 7 nitrogen and oxygen atoms in total. The highest BCUT2D eigenvalue weighted by atomic mass is 19.4. The molecular weight excluding hydrogens is 406 g/mol. The molecule has 3 heterocycles. The van der Waals surface area contributed by atoms with E-state index >= 15 is 0 Å². The van der Waals surface area contributed by atoms with Gasteiger partial charge in [0.15, 0.2) is 17.2 Å². The van der Waals surface area contributed by atoms with E-state index in [1.807, 2.05) is 0 Å². The number of nitrogens with zero attached hydrogens (tertiary/aromatic N) is 4. The fourth-order valence-electron chi connectivity index (χ4n) is 2.73. The summed E-state index contributed by atoms with van der Waals surface area (Å²) in [4.78, 5) is 20.2. The van der Waals surface area contributed by atoms with E-state index in [0.29, 0.717) is 0 Å². The second-order valence-electron chi connectivity index (χ2n) is 5.99. The molecule has 0 aliphatic carbocycles. The molecule has 0 saturated carbocycles. The summed E-state index contributed by atoms with van der Waals surface area (Å²) in [6.07, 6.45) is -1.41. The highest BCUT2D eigenvalue weighted by Gasteiger charge is 2.32. The Morgan fingerprint density at radius 2 is 1.87 bits per heavy atom. The number of aromatic nitrogens is 4. The lowest BCUT2D eigenvalue weighted by molar-refractivity contribution is -0.274. The summed E-state index contributed by atoms with van der Waals surface area (Å²) in [5, 5.41) is 6.60. The number of nitrogens with one attached hydrogen (secondary N) is 1. The van der Waals surface area contributed by atoms with E-state index in [0.717, 1.165) is 16.8 Å². The van der Waals surface area contributed by atoms with Gasteiger partial charge in [-0.3, -0.25) is 9.78 Å². The molecule has 0 saturated heterocycles. The first-order valence-electron chi connectivity index (χ1n) is 8.42. The first-order valence-corrected chi connectivity index (χ1v) is 8.42. The van der Waals surface area contributed by atoms with Crippen LogP contribution in [-0.2, 0) is 0 Å². The van der Waals surface area contributed by atoms with Crippen LogP contribution in [0.2, 0.25) is 0 Å². The van der Waals surface area contributed by atoms with E-state index in [-0.39, 0.29) is 28.3 Å². The first-order chi connectivity index (χ1) is 14.3. The summed E-state index contributed by atoms with van der Waals surface area (Å²) >= 11 is 0. The molecule has 0 aliphatic heterocycles. The van der Waals surface area contributed by atoms with Gasteiger partial charge in [-0.1, -0.05) is 12.1 Å². The van der Waals surface area contributed by atoms with Crippen LogP contribution >= 0.6 is 0 Å². The Kier molecular flexibility index (Phi) is 4.78. The molecule has 30 heavy (non-hydrogen) atoms. The number of carbonyl (C=O) groups excluding carboxylic acids is 1. The van der Waals surface area contributed by atoms with E-state index in [1.54, 1.807) is 0 Å². The average molecular weight is 417 g/mol. The molecule has 3 aromatic heterocycles. The molecule has 4 aromatic rings. The van der Waals surface area contributed by atoms with Crippen LogP contribution in [0.3, 0.4) is 0 Å². The third-order valence-corrected chi connectivity index (χ3v) is 4.00. The van der Waals surface area contributed by atoms with Gasteiger partial charge in [0.25, 0.3) is 5.91 Å². The van der Waals surface area contributed by atoms with Crippen LogP contribution < -0.4 is 10.1 Å². The maximum Gasteiger partial charge on any atom is 0.573 e. The maximum absolute atomic E-state index is 13.7. The predicted molar refractivity (Wildman–Crippen MR) is 97.3 cm³/mol. The van der Waals surface area contributed by atoms with Gasteiger partial charge in [0.1, 0.15) is 5.75 Å². The van der Waals surface area contributed by atoms with Crippen molar-refractivity contribution in [2.24, 2.45) is 0 Å². The molecule has 1 N–H and O–H groups in total. The van der Waals surface area contributed by atoms with Crippen molar-refractivity contribution in [1.82, 2.24) is 19.6 Å². The minimum absolute atomic E-state index is 0.0442. The monoisotopic (exact) mass is 417 g/mol. The van der Waals surface area contributed by atoms with Gasteiger partial charge in [-0.25, -0.2) is 13.9 Å². The molecular formula is C19H11F4N5O2. The van der Waals surface area contributed by atoms with E-state index in [4.69, 9.17) is 0 Å². The van der Waals surface area contributed by atoms with Crippen LogP contribution in [0, 0.1) is 5.82 Å². The van der Waals surface area contributed by atoms with E-state index < -0.39 is 23.8 Å². The Balaban J connectivity index is 1.73. The van der Waals surface area contributed by atoms with Crippen molar-refractivity contribution in [3.05, 3.63) is 72.6 Å². The number of hydrogen-bond donors (Lipinski definition) is 1. The van der Waals surface area contributed by atoms with Crippen LogP contribution in [0.1, 0.15) is 10.5 Å². The normalized spacial score (nSPS) is 11.5. The summed E-state index contributed by atoms with van der Waals surface area (Å²) < 4.78 is 57.1. The van der Waals surface area contributed by atoms with Crippen molar-refractivity contribution in [2.45, 2.75) is 6.36 Å². The molecule has 11 heteroatoms. The highest BCUT2D eigenvalue weighted by molar-refractivity contribution is 6.03. The van der Waals surface area contributed by atoms with Gasteiger partial charge < -0.3 is 10.1 Å². The minimum Gasteiger partial charge on any atom is -0.405 e. The number of carbonyl (C=O) groups is 1. The Morgan fingerprint density at radius 3 is 2.63 bits per heavy atom. The van der Waals surface area contributed by atoms with Crippen molar-refractivity contribution in [1.29, 1.82) is 0 Å². The molecule has 0 radical (unpaired) electrons. The number of pyridine rings is 1. The largest absolute Gasteiger partial charge is 0.573 e. The Bertz CT molecular complexity index is 1240. The van der Waals surface area contributed by atoms with Crippen molar-refractivity contribution >= 4 is 17.2 Å². The molecule has 4 rings (SSSR count). The average Bonchev–Trinajstić information content (AvgIpc) is 3.12. The van der Waals surface area contributed by atoms with Gasteiger partial charge in [0.05, 0.1) is 23.8 Å². The Morgan fingerprint density at radius 1 is 1.07 bits per heavy atom. The van der Waals surface area contributed by atoms with Crippen LogP contribution in [0.25, 0.3) is 16.9 Å². The maximum atomic E-state index is 13.7. The van der Waals surface area contributed by atoms with Gasteiger partial charge in [0.2, 0.25) is 0 Å². The summed E-state index contributed by atoms with van der Waals surface area (Å²) in [5.41, 5.74) is 0.317. The number of para-hydroxylation sites is 1. The first kappa shape index (κ1) is 19.3. The standard InChI is InChI=1S/C19H11F4N5O2/c20-12-9-24-8-7-14(12)26-18(29)15-10-25-17-6-5-13(27-28(15)17)11-3-1-2-4-16(11)30-19(21,22)23/h1-10H,(H,24,26,29). The number of benzene rings is 1. The highest BCUT2D eigenvalue weighted by Crippen LogP contribution is 2.32. The fourth-order valence-corrected chi connectivity index (χ4v) is 2.73. The van der Waals surface area contributed by atoms with Crippen molar-refractivity contribution in [3.8, 4) is 17.0 Å². The van der Waals surface area contributed by atoms with E-state index in [2.05, 4.69) is 25.1 Å². The zero-order chi connectivity index (χ0) is 21.3. The summed E-state index contributed by atoms with van der Waals surface area (Å²) in [6.45, 7) is 0. The van der Waals surface area contributed by atoms with Gasteiger partial charge in [0, 0.05) is 11.8 Å². The molecule has 1 amide bonds. The molecule has 0 atom stereocenters. The molecule has 0 aliphatic rings. The number of rotatable bonds is 4. The smallest absolute Gasteiger partial charge is 0.405 e. The number of anilines is 1. The third-order valence-electron chi connectivity index (χ3n) is 4.00. The van der Waals surface area contributed by atoms with Gasteiger partial charge in [-0.15, -0.1) is 13.2 Å². The van der Waals surface area contributed by atoms with Crippen LogP contribution in [0.15, 0.2) is 61.1 Å². The van der Waals surface area contributed by atoms with Gasteiger partial charge in [-0.2, -0.15) is 5.10 Å². The van der Waals surface area contributed by atoms with Crippen molar-refractivity contribution in [3.63, 3.8) is 0 Å². The SMILES string of the molecule is O=C(Nc1ccncc1F)c1cnc2ccc(-c3ccccc3OC(F)(F)F)nn12. The second-order valence-corrected chi connectivity index (χ2v) is 5.99. The topological polar surface area (TPSA) is 81.4 Å². The number of imidazole rings is 1. The van der Waals surface area contributed by atoms with E-state index in [1.165, 1.54) is 48.8 Å². The number of fused-ring (bicyclic) bond motifs is 1. The summed E-state index contributed by atoms with van der Waals surface area (Å²) in [6, 6.07) is 9.68. The summed E-state index contributed by atoms with van der Waals surface area (Å²) in [7, 11) is 0. The quantitative estimate of drug-likeness (QED) is 0.506. The fraction of sp³-hybridized carbons (Fsp3) is 0.0526. The lowest BCUT2D eigenvalue weighted by Gasteiger charge is -2.13. The van der Waals surface area contributed by atoms with Crippen LogP contribution in [-0.4, -0.2) is 31.9 Å². The van der Waals surface area contributed by atoms with Gasteiger partial charge >= 0.3 is 6.36 Å². The second kappa shape index (κ2) is 7.43. The molecule has 0 fully saturated rings. The summed E-state index contributed by atoms with van der Waals surface area (Å²) in [5.74, 6) is -1.88. The van der Waals surface area contributed by atoms with Crippen molar-refractivity contribution < 1.29 is 27.1 Å².